The summed E-state index contributed by atoms with van der Waals surface area (Å²) in [4.78, 5) is 12.3. The Hall–Kier alpha value is -3.86. The Kier molecular flexibility index (Phi) is 7.02. The fraction of sp³-hybridized carbons (Fsp3) is 0.240. The van der Waals surface area contributed by atoms with Crippen LogP contribution in [-0.4, -0.2) is 32.4 Å². The molecule has 7 nitrogen and oxygen atoms in total. The number of aromatic carboxylic acids is 1. The Morgan fingerprint density at radius 3 is 2.53 bits per heavy atom. The van der Waals surface area contributed by atoms with E-state index in [-0.39, 0.29) is 23.1 Å². The lowest BCUT2D eigenvalue weighted by Crippen LogP contribution is -2.19. The van der Waals surface area contributed by atoms with Gasteiger partial charge in [0, 0.05) is 4.88 Å². The Morgan fingerprint density at radius 2 is 1.89 bits per heavy atom. The summed E-state index contributed by atoms with van der Waals surface area (Å²) >= 11 is 1.18. The number of benzene rings is 2. The normalized spacial score (nSPS) is 11.6. The number of nitrogens with zero attached hydrogens (tertiary/aromatic N) is 3. The number of hydrogen-bond acceptors (Lipinski definition) is 6. The summed E-state index contributed by atoms with van der Waals surface area (Å²) in [5, 5.41) is 17.4. The van der Waals surface area contributed by atoms with E-state index in [1.165, 1.54) is 34.2 Å². The highest BCUT2D eigenvalue weighted by molar-refractivity contribution is 7.17. The molecule has 2 heterocycles. The number of para-hydroxylation sites is 2. The average Bonchev–Trinajstić information content (AvgIpc) is 3.45. The van der Waals surface area contributed by atoms with Crippen molar-refractivity contribution in [3.05, 3.63) is 76.4 Å². The third-order valence-corrected chi connectivity index (χ3v) is 6.42. The SMILES string of the molecule is Cc1cc(OCc2c(C(C)C)nnn2-c2ccccc2OC(F)(F)F)ccc1-c1ccc(C(=O)O)s1. The molecule has 0 amide bonds. The summed E-state index contributed by atoms with van der Waals surface area (Å²) in [7, 11) is 0. The van der Waals surface area contributed by atoms with Crippen LogP contribution < -0.4 is 9.47 Å². The van der Waals surface area contributed by atoms with Gasteiger partial charge in [0.05, 0.1) is 5.69 Å². The maximum atomic E-state index is 13.0. The third-order valence-electron chi connectivity index (χ3n) is 5.31. The second-order valence-electron chi connectivity index (χ2n) is 8.24. The van der Waals surface area contributed by atoms with Gasteiger partial charge in [0.2, 0.25) is 0 Å². The first-order valence-electron chi connectivity index (χ1n) is 10.9. The summed E-state index contributed by atoms with van der Waals surface area (Å²) in [5.74, 6) is -0.895. The lowest BCUT2D eigenvalue weighted by atomic mass is 10.1. The van der Waals surface area contributed by atoms with E-state index in [0.29, 0.717) is 17.1 Å². The predicted octanol–water partition coefficient (Wildman–Crippen LogP) is 6.60. The molecule has 188 valence electrons. The Labute approximate surface area is 208 Å². The Bertz CT molecular complexity index is 1400. The van der Waals surface area contributed by atoms with Crippen molar-refractivity contribution in [1.82, 2.24) is 15.0 Å². The van der Waals surface area contributed by atoms with Crippen LogP contribution in [0.15, 0.2) is 54.6 Å². The van der Waals surface area contributed by atoms with Crippen LogP contribution in [0.2, 0.25) is 0 Å². The Morgan fingerprint density at radius 1 is 1.14 bits per heavy atom. The van der Waals surface area contributed by atoms with Crippen LogP contribution in [0.3, 0.4) is 0 Å². The molecule has 0 aliphatic rings. The number of carboxylic acids is 1. The summed E-state index contributed by atoms with van der Waals surface area (Å²) in [6.07, 6.45) is -4.86. The van der Waals surface area contributed by atoms with Crippen molar-refractivity contribution < 1.29 is 32.5 Å². The summed E-state index contributed by atoms with van der Waals surface area (Å²) in [5.41, 5.74) is 2.93. The number of carboxylic acid groups (broad SMARTS) is 1. The molecule has 4 rings (SSSR count). The van der Waals surface area contributed by atoms with E-state index in [1.54, 1.807) is 24.3 Å². The lowest BCUT2D eigenvalue weighted by molar-refractivity contribution is -0.274. The van der Waals surface area contributed by atoms with Gasteiger partial charge in [-0.1, -0.05) is 31.2 Å². The van der Waals surface area contributed by atoms with Crippen molar-refractivity contribution in [2.75, 3.05) is 0 Å². The van der Waals surface area contributed by atoms with Gasteiger partial charge in [-0.05, 0) is 66.4 Å². The molecular weight excluding hydrogens is 495 g/mol. The molecule has 0 fully saturated rings. The van der Waals surface area contributed by atoms with Crippen LogP contribution >= 0.6 is 11.3 Å². The zero-order valence-electron chi connectivity index (χ0n) is 19.5. The summed E-state index contributed by atoms with van der Waals surface area (Å²) in [6.45, 7) is 5.70. The van der Waals surface area contributed by atoms with Gasteiger partial charge in [-0.2, -0.15) is 0 Å². The second kappa shape index (κ2) is 10.0. The number of thiophene rings is 1. The topological polar surface area (TPSA) is 86.5 Å². The first-order valence-corrected chi connectivity index (χ1v) is 11.7. The molecule has 4 aromatic rings. The quantitative estimate of drug-likeness (QED) is 0.283. The highest BCUT2D eigenvalue weighted by Gasteiger charge is 2.33. The van der Waals surface area contributed by atoms with E-state index < -0.39 is 18.1 Å². The van der Waals surface area contributed by atoms with Crippen LogP contribution in [-0.2, 0) is 6.61 Å². The largest absolute Gasteiger partial charge is 0.573 e. The molecule has 2 aromatic heterocycles. The van der Waals surface area contributed by atoms with E-state index in [0.717, 1.165) is 16.0 Å². The van der Waals surface area contributed by atoms with Crippen molar-refractivity contribution in [3.63, 3.8) is 0 Å². The minimum absolute atomic E-state index is 0.00180. The molecule has 0 saturated heterocycles. The van der Waals surface area contributed by atoms with E-state index in [1.807, 2.05) is 32.9 Å². The van der Waals surface area contributed by atoms with E-state index in [2.05, 4.69) is 15.0 Å². The minimum atomic E-state index is -4.86. The van der Waals surface area contributed by atoms with Gasteiger partial charge in [0.1, 0.15) is 28.6 Å². The second-order valence-corrected chi connectivity index (χ2v) is 9.32. The van der Waals surface area contributed by atoms with Gasteiger partial charge in [-0.15, -0.1) is 29.6 Å². The number of rotatable bonds is 8. The van der Waals surface area contributed by atoms with Gasteiger partial charge >= 0.3 is 12.3 Å². The van der Waals surface area contributed by atoms with Gasteiger partial charge in [-0.3, -0.25) is 0 Å². The van der Waals surface area contributed by atoms with Crippen molar-refractivity contribution >= 4 is 17.3 Å². The van der Waals surface area contributed by atoms with Gasteiger partial charge < -0.3 is 14.6 Å². The molecule has 0 atom stereocenters. The maximum Gasteiger partial charge on any atom is 0.573 e. The van der Waals surface area contributed by atoms with Crippen molar-refractivity contribution in [2.24, 2.45) is 0 Å². The maximum absolute atomic E-state index is 13.0. The predicted molar refractivity (Wildman–Crippen MR) is 128 cm³/mol. The molecule has 0 unspecified atom stereocenters. The number of halogens is 3. The van der Waals surface area contributed by atoms with E-state index in [4.69, 9.17) is 4.74 Å². The smallest absolute Gasteiger partial charge is 0.487 e. The molecule has 0 saturated carbocycles. The van der Waals surface area contributed by atoms with Crippen LogP contribution in [0.1, 0.15) is 46.4 Å². The molecule has 1 N–H and O–H groups in total. The number of hydrogen-bond donors (Lipinski definition) is 1. The Balaban J connectivity index is 1.62. The number of aromatic nitrogens is 3. The standard InChI is InChI=1S/C25H22F3N3O4S/c1-14(2)23-19(31(30-29-23)18-6-4-5-7-20(18)35-25(26,27)28)13-34-16-8-9-17(15(3)12-16)21-10-11-22(36-21)24(32)33/h4-12,14H,13H2,1-3H3,(H,32,33). The monoisotopic (exact) mass is 517 g/mol. The molecule has 0 bridgehead atoms. The molecular formula is C25H22F3N3O4S. The van der Waals surface area contributed by atoms with E-state index >= 15 is 0 Å². The first kappa shape index (κ1) is 25.2. The van der Waals surface area contributed by atoms with Crippen LogP contribution in [0, 0.1) is 6.92 Å². The molecule has 36 heavy (non-hydrogen) atoms. The first-order chi connectivity index (χ1) is 17.0. The fourth-order valence-corrected chi connectivity index (χ4v) is 4.62. The van der Waals surface area contributed by atoms with Gasteiger partial charge in [0.25, 0.3) is 0 Å². The highest BCUT2D eigenvalue weighted by atomic mass is 32.1. The minimum Gasteiger partial charge on any atom is -0.487 e. The average molecular weight is 518 g/mol. The number of ether oxygens (including phenoxy) is 2. The lowest BCUT2D eigenvalue weighted by Gasteiger charge is -2.16. The molecule has 11 heteroatoms. The van der Waals surface area contributed by atoms with Gasteiger partial charge in [0.15, 0.2) is 5.75 Å². The van der Waals surface area contributed by atoms with Crippen molar-refractivity contribution in [2.45, 2.75) is 39.7 Å². The summed E-state index contributed by atoms with van der Waals surface area (Å²) in [6, 6.07) is 14.5. The number of alkyl halides is 3. The highest BCUT2D eigenvalue weighted by Crippen LogP contribution is 2.34. The third kappa shape index (κ3) is 5.51. The molecule has 0 aliphatic heterocycles. The zero-order valence-corrected chi connectivity index (χ0v) is 20.4. The van der Waals surface area contributed by atoms with Crippen LogP contribution in [0.5, 0.6) is 11.5 Å². The molecule has 0 spiro atoms. The van der Waals surface area contributed by atoms with E-state index in [9.17, 15) is 23.1 Å². The van der Waals surface area contributed by atoms with Crippen molar-refractivity contribution in [1.29, 1.82) is 0 Å². The number of carbonyl (C=O) groups is 1. The van der Waals surface area contributed by atoms with Crippen LogP contribution in [0.4, 0.5) is 13.2 Å². The van der Waals surface area contributed by atoms with Gasteiger partial charge in [-0.25, -0.2) is 9.48 Å². The summed E-state index contributed by atoms with van der Waals surface area (Å²) < 4.78 is 50.4. The zero-order chi connectivity index (χ0) is 26.0. The van der Waals surface area contributed by atoms with Crippen molar-refractivity contribution in [3.8, 4) is 27.6 Å². The number of aryl methyl sites for hydroxylation is 1. The molecule has 2 aromatic carbocycles. The molecule has 0 radical (unpaired) electrons. The fourth-order valence-electron chi connectivity index (χ4n) is 3.69. The molecule has 0 aliphatic carbocycles. The van der Waals surface area contributed by atoms with Crippen LogP contribution in [0.25, 0.3) is 16.1 Å².